The molecule has 0 N–H and O–H groups in total. The van der Waals surface area contributed by atoms with Gasteiger partial charge in [0.1, 0.15) is 0 Å². The molecule has 0 spiro atoms. The summed E-state index contributed by atoms with van der Waals surface area (Å²) in [7, 11) is 0. The minimum atomic E-state index is 1.09. The number of anilines is 3. The fourth-order valence-electron chi connectivity index (χ4n) is 9.68. The van der Waals surface area contributed by atoms with Crippen molar-refractivity contribution in [2.24, 2.45) is 0 Å². The normalized spacial score (nSPS) is 11.4. The molecule has 0 bridgehead atoms. The summed E-state index contributed by atoms with van der Waals surface area (Å²) in [5.41, 5.74) is 16.4. The average Bonchev–Trinajstić information content (AvgIpc) is 3.72. The molecule has 0 atom stereocenters. The summed E-state index contributed by atoms with van der Waals surface area (Å²) in [6, 6.07) is 92.6. The first-order chi connectivity index (χ1) is 31.7. The van der Waals surface area contributed by atoms with Gasteiger partial charge in [-0.25, -0.2) is 0 Å². The van der Waals surface area contributed by atoms with Gasteiger partial charge >= 0.3 is 0 Å². The molecule has 0 unspecified atom stereocenters. The van der Waals surface area contributed by atoms with Crippen LogP contribution in [-0.4, -0.2) is 4.57 Å². The first kappa shape index (κ1) is 37.3. The highest BCUT2D eigenvalue weighted by molar-refractivity contribution is 6.16. The lowest BCUT2D eigenvalue weighted by Crippen LogP contribution is -2.10. The molecule has 1 heterocycles. The second kappa shape index (κ2) is 15.8. The highest BCUT2D eigenvalue weighted by atomic mass is 15.1. The molecule has 0 saturated carbocycles. The van der Waals surface area contributed by atoms with Crippen molar-refractivity contribution in [1.82, 2.24) is 4.57 Å². The molecule has 12 rings (SSSR count). The lowest BCUT2D eigenvalue weighted by Gasteiger charge is -2.26. The Labute approximate surface area is 373 Å². The molecule has 0 aliphatic carbocycles. The minimum Gasteiger partial charge on any atom is -0.310 e. The van der Waals surface area contributed by atoms with Crippen molar-refractivity contribution in [3.05, 3.63) is 255 Å². The standard InChI is InChI=1S/C62H42N2/c1-3-14-43(15-4-1)44-30-35-53(36-31-44)63(54-37-32-45(33-38-54)49-34-39-57-51(41-49)29-28-46-16-7-8-23-56(46)57)55-22-12-18-48(42-55)47-17-11-19-50(40-47)58-25-13-27-61-62(58)59-24-9-10-26-60(59)64(61)52-20-5-2-6-21-52/h1-42H. The molecule has 12 aromatic rings. The van der Waals surface area contributed by atoms with Gasteiger partial charge in [-0.2, -0.15) is 0 Å². The fourth-order valence-corrected chi connectivity index (χ4v) is 9.68. The van der Waals surface area contributed by atoms with Crippen molar-refractivity contribution in [3.63, 3.8) is 0 Å². The maximum atomic E-state index is 2.39. The van der Waals surface area contributed by atoms with Gasteiger partial charge in [0.25, 0.3) is 0 Å². The summed E-state index contributed by atoms with van der Waals surface area (Å²) in [6.45, 7) is 0. The van der Waals surface area contributed by atoms with Crippen LogP contribution >= 0.6 is 0 Å². The summed E-state index contributed by atoms with van der Waals surface area (Å²) in [5, 5.41) is 7.59. The molecule has 11 aromatic carbocycles. The summed E-state index contributed by atoms with van der Waals surface area (Å²) < 4.78 is 2.39. The van der Waals surface area contributed by atoms with Crippen molar-refractivity contribution in [3.8, 4) is 50.2 Å². The van der Waals surface area contributed by atoms with Crippen molar-refractivity contribution in [1.29, 1.82) is 0 Å². The molecule has 2 nitrogen and oxygen atoms in total. The predicted octanol–water partition coefficient (Wildman–Crippen LogP) is 17.2. The third-order valence-corrected chi connectivity index (χ3v) is 12.8. The highest BCUT2D eigenvalue weighted by Gasteiger charge is 2.18. The van der Waals surface area contributed by atoms with Crippen LogP contribution in [0.3, 0.4) is 0 Å². The van der Waals surface area contributed by atoms with Crippen molar-refractivity contribution >= 4 is 60.4 Å². The van der Waals surface area contributed by atoms with Crippen molar-refractivity contribution < 1.29 is 0 Å². The number of hydrogen-bond acceptors (Lipinski definition) is 1. The predicted molar refractivity (Wildman–Crippen MR) is 272 cm³/mol. The van der Waals surface area contributed by atoms with Crippen molar-refractivity contribution in [2.45, 2.75) is 0 Å². The molecule has 1 aromatic heterocycles. The summed E-state index contributed by atoms with van der Waals surface area (Å²) in [4.78, 5) is 2.37. The largest absolute Gasteiger partial charge is 0.310 e. The Balaban J connectivity index is 0.937. The van der Waals surface area contributed by atoms with Gasteiger partial charge in [0.05, 0.1) is 11.0 Å². The molecule has 64 heavy (non-hydrogen) atoms. The maximum absolute atomic E-state index is 2.39. The fraction of sp³-hybridized carbons (Fsp3) is 0. The number of hydrogen-bond donors (Lipinski definition) is 0. The molecular formula is C62H42N2. The summed E-state index contributed by atoms with van der Waals surface area (Å²) in [6.07, 6.45) is 0. The van der Waals surface area contributed by atoms with Gasteiger partial charge in [-0.15, -0.1) is 0 Å². The van der Waals surface area contributed by atoms with Crippen molar-refractivity contribution in [2.75, 3.05) is 4.90 Å². The van der Waals surface area contributed by atoms with Crippen LogP contribution in [0.25, 0.3) is 93.5 Å². The van der Waals surface area contributed by atoms with E-state index in [1.54, 1.807) is 0 Å². The Morgan fingerprint density at radius 1 is 0.266 bits per heavy atom. The van der Waals surface area contributed by atoms with Gasteiger partial charge in [-0.1, -0.05) is 182 Å². The summed E-state index contributed by atoms with van der Waals surface area (Å²) >= 11 is 0. The second-order valence-electron chi connectivity index (χ2n) is 16.5. The molecule has 0 aliphatic heterocycles. The first-order valence-electron chi connectivity index (χ1n) is 22.0. The number of rotatable bonds is 8. The first-order valence-corrected chi connectivity index (χ1v) is 22.0. The Kier molecular flexibility index (Phi) is 9.20. The van der Waals surface area contributed by atoms with Crippen LogP contribution in [0.1, 0.15) is 0 Å². The number of nitrogens with zero attached hydrogens (tertiary/aromatic N) is 2. The maximum Gasteiger partial charge on any atom is 0.0547 e. The zero-order valence-corrected chi connectivity index (χ0v) is 35.1. The number of fused-ring (bicyclic) bond motifs is 6. The lowest BCUT2D eigenvalue weighted by molar-refractivity contribution is 1.18. The molecule has 0 fully saturated rings. The topological polar surface area (TPSA) is 8.17 Å². The van der Waals surface area contributed by atoms with E-state index in [1.165, 1.54) is 82.3 Å². The molecule has 2 heteroatoms. The number of benzene rings is 11. The van der Waals surface area contributed by atoms with E-state index in [-0.39, 0.29) is 0 Å². The third kappa shape index (κ3) is 6.61. The van der Waals surface area contributed by atoms with Gasteiger partial charge in [0.15, 0.2) is 0 Å². The van der Waals surface area contributed by atoms with E-state index in [9.17, 15) is 0 Å². The Hall–Kier alpha value is -8.46. The lowest BCUT2D eigenvalue weighted by atomic mass is 9.95. The summed E-state index contributed by atoms with van der Waals surface area (Å²) in [5.74, 6) is 0. The van der Waals surface area contributed by atoms with Crippen LogP contribution < -0.4 is 4.90 Å². The Morgan fingerprint density at radius 3 is 1.56 bits per heavy atom. The highest BCUT2D eigenvalue weighted by Crippen LogP contribution is 2.42. The van der Waals surface area contributed by atoms with E-state index < -0.39 is 0 Å². The van der Waals surface area contributed by atoms with E-state index in [0.29, 0.717) is 0 Å². The van der Waals surface area contributed by atoms with E-state index in [4.69, 9.17) is 0 Å². The number of aromatic nitrogens is 1. The zero-order chi connectivity index (χ0) is 42.4. The van der Waals surface area contributed by atoms with Crippen LogP contribution in [0.5, 0.6) is 0 Å². The molecule has 0 saturated heterocycles. The van der Waals surface area contributed by atoms with E-state index >= 15 is 0 Å². The van der Waals surface area contributed by atoms with Gasteiger partial charge < -0.3 is 9.47 Å². The number of para-hydroxylation sites is 2. The molecule has 300 valence electrons. The SMILES string of the molecule is c1ccc(-c2ccc(N(c3ccc(-c4ccc5c(ccc6ccccc65)c4)cc3)c3cccc(-c4cccc(-c5cccc6c5c5ccccc5n6-c5ccccc5)c4)c3)cc2)cc1. The van der Waals surface area contributed by atoms with Gasteiger partial charge in [0.2, 0.25) is 0 Å². The molecule has 0 amide bonds. The smallest absolute Gasteiger partial charge is 0.0547 e. The van der Waals surface area contributed by atoms with E-state index in [1.807, 2.05) is 0 Å². The van der Waals surface area contributed by atoms with Crippen LogP contribution in [0.4, 0.5) is 17.1 Å². The van der Waals surface area contributed by atoms with Gasteiger partial charge in [0, 0.05) is 33.5 Å². The van der Waals surface area contributed by atoms with Gasteiger partial charge in [-0.3, -0.25) is 0 Å². The minimum absolute atomic E-state index is 1.09. The van der Waals surface area contributed by atoms with E-state index in [2.05, 4.69) is 264 Å². The van der Waals surface area contributed by atoms with Crippen LogP contribution in [0.15, 0.2) is 255 Å². The Morgan fingerprint density at radius 2 is 0.781 bits per heavy atom. The monoisotopic (exact) mass is 814 g/mol. The molecule has 0 radical (unpaired) electrons. The third-order valence-electron chi connectivity index (χ3n) is 12.8. The van der Waals surface area contributed by atoms with Crippen LogP contribution in [-0.2, 0) is 0 Å². The van der Waals surface area contributed by atoms with E-state index in [0.717, 1.165) is 28.3 Å². The van der Waals surface area contributed by atoms with Gasteiger partial charge in [-0.05, 0) is 139 Å². The van der Waals surface area contributed by atoms with Crippen LogP contribution in [0.2, 0.25) is 0 Å². The quantitative estimate of drug-likeness (QED) is 0.139. The molecular weight excluding hydrogens is 773 g/mol. The van der Waals surface area contributed by atoms with Crippen LogP contribution in [0, 0.1) is 0 Å². The second-order valence-corrected chi connectivity index (χ2v) is 16.5. The Bertz CT molecular complexity index is 3640. The zero-order valence-electron chi connectivity index (χ0n) is 35.1. The molecule has 0 aliphatic rings. The average molecular weight is 815 g/mol.